The van der Waals surface area contributed by atoms with Gasteiger partial charge in [-0.2, -0.15) is 39.5 Å². The molecule has 0 aromatic heterocycles. The normalized spacial score (nSPS) is 13.1. The van der Waals surface area contributed by atoms with Crippen LogP contribution < -0.4 is 5.40 Å². The molecule has 0 fully saturated rings. The van der Waals surface area contributed by atoms with E-state index >= 15 is 0 Å². The van der Waals surface area contributed by atoms with Crippen LogP contribution in [0.1, 0.15) is 212 Å². The third-order valence-electron chi connectivity index (χ3n) is 10.2. The Hall–Kier alpha value is -0.453. The van der Waals surface area contributed by atoms with Crippen LogP contribution in [0.4, 0.5) is 39.5 Å². The molecule has 2 N–H and O–H groups in total. The van der Waals surface area contributed by atoms with Crippen molar-refractivity contribution in [2.45, 2.75) is 249 Å². The zero-order valence-corrected chi connectivity index (χ0v) is 32.4. The zero-order valence-electron chi connectivity index (χ0n) is 31.4. The summed E-state index contributed by atoms with van der Waals surface area (Å²) < 4.78 is 110. The maximum atomic E-state index is 12.2. The molecule has 0 saturated heterocycles. The number of unbranched alkanes of at least 4 members (excludes halogenated alkanes) is 27. The fourth-order valence-electron chi connectivity index (χ4n) is 7.03. The van der Waals surface area contributed by atoms with Crippen LogP contribution in [0.15, 0.2) is 0 Å². The predicted octanol–water partition coefficient (Wildman–Crippen LogP) is 16.5. The predicted molar refractivity (Wildman–Crippen MR) is 195 cm³/mol. The van der Waals surface area contributed by atoms with Gasteiger partial charge < -0.3 is 5.40 Å². The molecule has 0 rings (SSSR count). The van der Waals surface area contributed by atoms with Crippen LogP contribution >= 0.6 is 0 Å². The number of hydrogen-bond donors (Lipinski definition) is 1. The monoisotopic (exact) mass is 756 g/mol. The maximum Gasteiger partial charge on any atom is 0.389 e. The summed E-state index contributed by atoms with van der Waals surface area (Å²) >= 11 is 0. The summed E-state index contributed by atoms with van der Waals surface area (Å²) in [5.74, 6) is 0. The molecule has 0 aromatic rings. The molecule has 50 heavy (non-hydrogen) atoms. The van der Waals surface area contributed by atoms with Crippen molar-refractivity contribution < 1.29 is 39.5 Å². The minimum absolute atomic E-state index is 0.243. The second-order valence-corrected chi connectivity index (χ2v) is 19.5. The Morgan fingerprint density at radius 2 is 0.380 bits per heavy atom. The van der Waals surface area contributed by atoms with Gasteiger partial charge in [0.2, 0.25) is 0 Å². The first-order valence-corrected chi connectivity index (χ1v) is 23.3. The SMILES string of the molecule is N[Si](CCCCCCCCCCCCC(F)(F)F)(CCCCCCCCCCCCC(F)(F)F)CCCCCCCCCCCCC(F)(F)F. The summed E-state index contributed by atoms with van der Waals surface area (Å²) in [6, 6.07) is 3.53. The lowest BCUT2D eigenvalue weighted by Gasteiger charge is -2.27. The average molecular weight is 756 g/mol. The van der Waals surface area contributed by atoms with Crippen LogP contribution in [0.3, 0.4) is 0 Å². The van der Waals surface area contributed by atoms with E-state index in [0.29, 0.717) is 19.3 Å². The summed E-state index contributed by atoms with van der Waals surface area (Å²) in [6.07, 6.45) is 15.4. The third kappa shape index (κ3) is 40.3. The summed E-state index contributed by atoms with van der Waals surface area (Å²) in [7, 11) is -1.81. The molecule has 0 amide bonds. The van der Waals surface area contributed by atoms with Gasteiger partial charge in [0.15, 0.2) is 0 Å². The molecule has 1 nitrogen and oxygen atoms in total. The van der Waals surface area contributed by atoms with Crippen molar-refractivity contribution in [1.29, 1.82) is 0 Å². The lowest BCUT2D eigenvalue weighted by molar-refractivity contribution is -0.136. The molecule has 0 radical (unpaired) electrons. The van der Waals surface area contributed by atoms with E-state index in [1.54, 1.807) is 0 Å². The van der Waals surface area contributed by atoms with Gasteiger partial charge >= 0.3 is 18.5 Å². The number of hydrogen-bond acceptors (Lipinski definition) is 1. The van der Waals surface area contributed by atoms with E-state index in [2.05, 4.69) is 0 Å². The average Bonchev–Trinajstić information content (AvgIpc) is 3.01. The van der Waals surface area contributed by atoms with Crippen molar-refractivity contribution in [2.75, 3.05) is 0 Å². The van der Waals surface area contributed by atoms with Crippen molar-refractivity contribution in [3.63, 3.8) is 0 Å². The molecule has 0 aliphatic heterocycles. The van der Waals surface area contributed by atoms with Crippen LogP contribution in [-0.2, 0) is 0 Å². The highest BCUT2D eigenvalue weighted by Gasteiger charge is 2.28. The molecule has 0 aliphatic carbocycles. The zero-order chi connectivity index (χ0) is 37.5. The number of halogens is 9. The van der Waals surface area contributed by atoms with Crippen LogP contribution in [0.25, 0.3) is 0 Å². The van der Waals surface area contributed by atoms with Gasteiger partial charge in [-0.3, -0.25) is 0 Å². The highest BCUT2D eigenvalue weighted by Crippen LogP contribution is 2.28. The lowest BCUT2D eigenvalue weighted by Crippen LogP contribution is -2.45. The van der Waals surface area contributed by atoms with Crippen LogP contribution in [0.2, 0.25) is 18.1 Å². The molecule has 0 saturated carbocycles. The van der Waals surface area contributed by atoms with Gasteiger partial charge in [0.05, 0.1) is 0 Å². The molecule has 0 heterocycles. The van der Waals surface area contributed by atoms with E-state index in [-0.39, 0.29) is 19.3 Å². The second kappa shape index (κ2) is 31.0. The first-order chi connectivity index (χ1) is 23.6. The van der Waals surface area contributed by atoms with Gasteiger partial charge in [-0.05, 0) is 37.4 Å². The van der Waals surface area contributed by atoms with Crippen LogP contribution in [-0.4, -0.2) is 26.8 Å². The van der Waals surface area contributed by atoms with Gasteiger partial charge in [-0.1, -0.05) is 173 Å². The fourth-order valence-corrected chi connectivity index (χ4v) is 10.6. The lowest BCUT2D eigenvalue weighted by atomic mass is 10.1. The Labute approximate surface area is 301 Å². The summed E-state index contributed by atoms with van der Waals surface area (Å²) in [4.78, 5) is 0. The molecule has 11 heteroatoms. The quantitative estimate of drug-likeness (QED) is 0.0385. The van der Waals surface area contributed by atoms with Crippen molar-refractivity contribution in [3.8, 4) is 0 Å². The molecule has 0 atom stereocenters. The van der Waals surface area contributed by atoms with Crippen LogP contribution in [0, 0.1) is 0 Å². The third-order valence-corrected chi connectivity index (χ3v) is 14.2. The Morgan fingerprint density at radius 3 is 0.540 bits per heavy atom. The second-order valence-electron chi connectivity index (χ2n) is 15.3. The standard InChI is InChI=1S/C39H74F9NSi/c40-37(41,42)31-25-19-13-7-1-4-10-16-22-28-34-50(49,35-29-23-17-11-5-2-8-14-20-26-32-38(43,44)45)36-30-24-18-12-6-3-9-15-21-27-33-39(46,47)48/h1-36,49H2. The summed E-state index contributed by atoms with van der Waals surface area (Å²) in [5, 5.41) is 7.17. The van der Waals surface area contributed by atoms with Crippen LogP contribution in [0.5, 0.6) is 0 Å². The molecule has 0 bridgehead atoms. The van der Waals surface area contributed by atoms with Crippen molar-refractivity contribution in [3.05, 3.63) is 0 Å². The van der Waals surface area contributed by atoms with E-state index < -0.39 is 46.0 Å². The van der Waals surface area contributed by atoms with Gasteiger partial charge in [-0.15, -0.1) is 0 Å². The van der Waals surface area contributed by atoms with Crippen molar-refractivity contribution in [1.82, 2.24) is 0 Å². The van der Waals surface area contributed by atoms with E-state index in [9.17, 15) is 39.5 Å². The van der Waals surface area contributed by atoms with E-state index in [4.69, 9.17) is 5.40 Å². The smallest absolute Gasteiger partial charge is 0.351 e. The first kappa shape index (κ1) is 49.5. The number of nitrogens with two attached hydrogens (primary N) is 1. The van der Waals surface area contributed by atoms with E-state index in [0.717, 1.165) is 77.0 Å². The summed E-state index contributed by atoms with van der Waals surface area (Å²) in [5.41, 5.74) is 0. The first-order valence-electron chi connectivity index (χ1n) is 20.6. The highest BCUT2D eigenvalue weighted by atomic mass is 28.3. The van der Waals surface area contributed by atoms with Crippen molar-refractivity contribution >= 4 is 8.24 Å². The Morgan fingerprint density at radius 1 is 0.240 bits per heavy atom. The largest absolute Gasteiger partial charge is 0.389 e. The van der Waals surface area contributed by atoms with Crippen molar-refractivity contribution in [2.24, 2.45) is 5.40 Å². The fraction of sp³-hybridized carbons (Fsp3) is 1.00. The van der Waals surface area contributed by atoms with Gasteiger partial charge in [0.25, 0.3) is 0 Å². The van der Waals surface area contributed by atoms with E-state index in [1.165, 1.54) is 95.2 Å². The summed E-state index contributed by atoms with van der Waals surface area (Å²) in [6.45, 7) is 0. The molecule has 302 valence electrons. The molecular formula is C39H74F9NSi. The highest BCUT2D eigenvalue weighted by molar-refractivity contribution is 6.76. The molecule has 0 aromatic carbocycles. The van der Waals surface area contributed by atoms with Gasteiger partial charge in [-0.25, -0.2) is 0 Å². The Kier molecular flexibility index (Phi) is 30.7. The van der Waals surface area contributed by atoms with E-state index in [1.807, 2.05) is 0 Å². The Bertz CT molecular complexity index is 633. The number of rotatable bonds is 36. The molecule has 0 spiro atoms. The van der Waals surface area contributed by atoms with Gasteiger partial charge in [0, 0.05) is 19.3 Å². The molecule has 0 aliphatic rings. The molecule has 0 unspecified atom stereocenters. The topological polar surface area (TPSA) is 26.0 Å². The molecular weight excluding hydrogens is 682 g/mol. The van der Waals surface area contributed by atoms with Gasteiger partial charge in [0.1, 0.15) is 8.24 Å². The Balaban J connectivity index is 4.16. The number of alkyl halides is 9. The minimum atomic E-state index is -4.03. The minimum Gasteiger partial charge on any atom is -0.351 e. The maximum absolute atomic E-state index is 12.2.